The fourth-order valence-electron chi connectivity index (χ4n) is 1.19. The maximum Gasteiger partial charge on any atom is 0.0698 e. The summed E-state index contributed by atoms with van der Waals surface area (Å²) in [7, 11) is 0. The van der Waals surface area contributed by atoms with Gasteiger partial charge in [0.15, 0.2) is 0 Å². The van der Waals surface area contributed by atoms with Crippen molar-refractivity contribution >= 4 is 5.57 Å². The van der Waals surface area contributed by atoms with Crippen molar-refractivity contribution in [3.8, 4) is 0 Å². The number of aliphatic hydroxyl groups excluding tert-OH is 1. The summed E-state index contributed by atoms with van der Waals surface area (Å²) in [5, 5.41) is 8.88. The zero-order valence-corrected chi connectivity index (χ0v) is 10.9. The third kappa shape index (κ3) is 6.16. The minimum Gasteiger partial charge on any atom is -0.392 e. The van der Waals surface area contributed by atoms with Gasteiger partial charge in [0.1, 0.15) is 0 Å². The first-order valence-electron chi connectivity index (χ1n) is 5.83. The average molecular weight is 247 g/mol. The van der Waals surface area contributed by atoms with E-state index in [1.807, 2.05) is 51.1 Å². The van der Waals surface area contributed by atoms with Crippen LogP contribution in [-0.4, -0.2) is 10.1 Å². The molecule has 0 spiro atoms. The van der Waals surface area contributed by atoms with Crippen molar-refractivity contribution in [1.82, 2.24) is 4.98 Å². The molecule has 0 radical (unpaired) electrons. The molecule has 0 saturated heterocycles. The van der Waals surface area contributed by atoms with Crippen LogP contribution in [0.3, 0.4) is 0 Å². The lowest BCUT2D eigenvalue weighted by Crippen LogP contribution is -1.90. The van der Waals surface area contributed by atoms with Crippen LogP contribution in [0.15, 0.2) is 49.2 Å². The number of nitrogens with zero attached hydrogens (tertiary/aromatic N) is 1. The van der Waals surface area contributed by atoms with Gasteiger partial charge in [-0.2, -0.15) is 0 Å². The molecular weight excluding hydrogens is 222 g/mol. The first-order chi connectivity index (χ1) is 8.31. The Morgan fingerprint density at radius 2 is 2.06 bits per heavy atom. The second-order valence-corrected chi connectivity index (χ2v) is 3.05. The molecule has 0 aromatic carbocycles. The van der Waals surface area contributed by atoms with Crippen molar-refractivity contribution in [2.45, 2.75) is 34.8 Å². The summed E-state index contributed by atoms with van der Waals surface area (Å²) in [6, 6.07) is 3.77. The maximum atomic E-state index is 8.88. The van der Waals surface area contributed by atoms with Gasteiger partial charge >= 0.3 is 0 Å². The van der Waals surface area contributed by atoms with Crippen LogP contribution in [0.4, 0.5) is 0 Å². The summed E-state index contributed by atoms with van der Waals surface area (Å²) in [5.74, 6) is 0. The lowest BCUT2D eigenvalue weighted by atomic mass is 10.1. The molecule has 1 N–H and O–H groups in total. The molecule has 1 aromatic rings. The largest absolute Gasteiger partial charge is 0.392 e. The molecule has 2 nitrogen and oxygen atoms in total. The Hall–Kier alpha value is -1.67. The number of hydrogen-bond donors (Lipinski definition) is 1. The highest BCUT2D eigenvalue weighted by Gasteiger charge is 1.98. The van der Waals surface area contributed by atoms with E-state index in [-0.39, 0.29) is 14.0 Å². The molecule has 1 aromatic heterocycles. The molecule has 0 aliphatic heterocycles. The third-order valence-corrected chi connectivity index (χ3v) is 2.03. The standard InChI is InChI=1S/C13H15NO.C2H6.CH4/c1-3-5-6-12(4-2)13-8-7-11(10-15)9-14-13;1-2;/h3-9,15H,1,10H2,2H3;1-2H3;1H4/b6-5-,12-4+;;. The van der Waals surface area contributed by atoms with Crippen LogP contribution in [0.5, 0.6) is 0 Å². The van der Waals surface area contributed by atoms with Gasteiger partial charge in [0.25, 0.3) is 0 Å². The van der Waals surface area contributed by atoms with Crippen molar-refractivity contribution in [2.75, 3.05) is 0 Å². The van der Waals surface area contributed by atoms with Crippen LogP contribution in [0, 0.1) is 0 Å². The summed E-state index contributed by atoms with van der Waals surface area (Å²) in [5.41, 5.74) is 2.76. The average Bonchev–Trinajstić information content (AvgIpc) is 2.42. The number of allylic oxidation sites excluding steroid dienone is 5. The highest BCUT2D eigenvalue weighted by molar-refractivity contribution is 5.71. The maximum absolute atomic E-state index is 8.88. The molecular formula is C16H25NO. The third-order valence-electron chi connectivity index (χ3n) is 2.03. The number of pyridine rings is 1. The minimum atomic E-state index is 0. The number of hydrogen-bond acceptors (Lipinski definition) is 2. The van der Waals surface area contributed by atoms with E-state index in [0.717, 1.165) is 16.8 Å². The van der Waals surface area contributed by atoms with Crippen molar-refractivity contribution in [3.05, 3.63) is 60.5 Å². The molecule has 1 rings (SSSR count). The van der Waals surface area contributed by atoms with E-state index in [4.69, 9.17) is 5.11 Å². The van der Waals surface area contributed by atoms with E-state index < -0.39 is 0 Å². The lowest BCUT2D eigenvalue weighted by Gasteiger charge is -2.01. The molecule has 0 aliphatic carbocycles. The molecule has 0 atom stereocenters. The van der Waals surface area contributed by atoms with Gasteiger partial charge in [-0.1, -0.05) is 58.2 Å². The Kier molecular flexibility index (Phi) is 12.3. The highest BCUT2D eigenvalue weighted by atomic mass is 16.3. The summed E-state index contributed by atoms with van der Waals surface area (Å²) >= 11 is 0. The minimum absolute atomic E-state index is 0. The molecule has 2 heteroatoms. The van der Waals surface area contributed by atoms with E-state index in [2.05, 4.69) is 11.6 Å². The fraction of sp³-hybridized carbons (Fsp3) is 0.312. The molecule has 0 unspecified atom stereocenters. The SMILES string of the molecule is C.C=C/C=C\C(=C/C)c1ccc(CO)cn1.CC. The quantitative estimate of drug-likeness (QED) is 0.801. The second kappa shape index (κ2) is 11.8. The summed E-state index contributed by atoms with van der Waals surface area (Å²) in [4.78, 5) is 4.26. The molecule has 0 saturated carbocycles. The predicted molar refractivity (Wildman–Crippen MR) is 81.2 cm³/mol. The number of aromatic nitrogens is 1. The van der Waals surface area contributed by atoms with Crippen molar-refractivity contribution in [1.29, 1.82) is 0 Å². The lowest BCUT2D eigenvalue weighted by molar-refractivity contribution is 0.281. The van der Waals surface area contributed by atoms with Crippen LogP contribution in [0.25, 0.3) is 5.57 Å². The van der Waals surface area contributed by atoms with E-state index >= 15 is 0 Å². The Morgan fingerprint density at radius 1 is 1.39 bits per heavy atom. The van der Waals surface area contributed by atoms with Gasteiger partial charge in [0.05, 0.1) is 12.3 Å². The predicted octanol–water partition coefficient (Wildman–Crippen LogP) is 4.38. The summed E-state index contributed by atoms with van der Waals surface area (Å²) in [6.07, 6.45) is 9.22. The zero-order valence-electron chi connectivity index (χ0n) is 10.9. The number of rotatable bonds is 4. The molecule has 0 fully saturated rings. The van der Waals surface area contributed by atoms with Crippen LogP contribution < -0.4 is 0 Å². The van der Waals surface area contributed by atoms with E-state index in [9.17, 15) is 0 Å². The van der Waals surface area contributed by atoms with Crippen molar-refractivity contribution in [2.24, 2.45) is 0 Å². The van der Waals surface area contributed by atoms with Crippen LogP contribution >= 0.6 is 0 Å². The first-order valence-corrected chi connectivity index (χ1v) is 5.83. The smallest absolute Gasteiger partial charge is 0.0698 e. The van der Waals surface area contributed by atoms with E-state index in [1.165, 1.54) is 0 Å². The molecule has 18 heavy (non-hydrogen) atoms. The topological polar surface area (TPSA) is 33.1 Å². The normalized spacial score (nSPS) is 10.3. The van der Waals surface area contributed by atoms with Gasteiger partial charge in [0, 0.05) is 6.20 Å². The van der Waals surface area contributed by atoms with Gasteiger partial charge in [-0.15, -0.1) is 0 Å². The molecule has 100 valence electrons. The fourth-order valence-corrected chi connectivity index (χ4v) is 1.19. The first kappa shape index (κ1) is 18.7. The summed E-state index contributed by atoms with van der Waals surface area (Å²) < 4.78 is 0. The van der Waals surface area contributed by atoms with E-state index in [0.29, 0.717) is 0 Å². The Balaban J connectivity index is 0. The van der Waals surface area contributed by atoms with E-state index in [1.54, 1.807) is 12.3 Å². The van der Waals surface area contributed by atoms with Crippen LogP contribution in [0.2, 0.25) is 0 Å². The number of aliphatic hydroxyl groups is 1. The Morgan fingerprint density at radius 3 is 2.44 bits per heavy atom. The molecule has 0 aliphatic rings. The van der Waals surface area contributed by atoms with Crippen LogP contribution in [-0.2, 0) is 6.61 Å². The molecule has 0 amide bonds. The second-order valence-electron chi connectivity index (χ2n) is 3.05. The molecule has 1 heterocycles. The highest BCUT2D eigenvalue weighted by Crippen LogP contribution is 2.13. The summed E-state index contributed by atoms with van der Waals surface area (Å²) in [6.45, 7) is 9.61. The van der Waals surface area contributed by atoms with Crippen LogP contribution in [0.1, 0.15) is 39.5 Å². The van der Waals surface area contributed by atoms with Gasteiger partial charge in [-0.3, -0.25) is 4.98 Å². The monoisotopic (exact) mass is 247 g/mol. The Bertz CT molecular complexity index is 375. The molecule has 0 bridgehead atoms. The zero-order chi connectivity index (χ0) is 13.1. The van der Waals surface area contributed by atoms with Gasteiger partial charge < -0.3 is 5.11 Å². The van der Waals surface area contributed by atoms with Gasteiger partial charge in [-0.05, 0) is 24.1 Å². The van der Waals surface area contributed by atoms with Crippen molar-refractivity contribution < 1.29 is 5.11 Å². The van der Waals surface area contributed by atoms with Gasteiger partial charge in [-0.25, -0.2) is 0 Å². The van der Waals surface area contributed by atoms with Gasteiger partial charge in [0.2, 0.25) is 0 Å². The Labute approximate surface area is 111 Å². The van der Waals surface area contributed by atoms with Crippen molar-refractivity contribution in [3.63, 3.8) is 0 Å².